The summed E-state index contributed by atoms with van der Waals surface area (Å²) in [5, 5.41) is 4.86. The maximum Gasteiger partial charge on any atom is 0.265 e. The number of thiophene rings is 1. The third-order valence-corrected chi connectivity index (χ3v) is 4.96. The highest BCUT2D eigenvalue weighted by molar-refractivity contribution is 7.12. The Morgan fingerprint density at radius 1 is 1.12 bits per heavy atom. The number of anilines is 1. The lowest BCUT2D eigenvalue weighted by Gasteiger charge is -2.09. The van der Waals surface area contributed by atoms with E-state index in [1.807, 2.05) is 60.0 Å². The second kappa shape index (κ2) is 6.53. The summed E-state index contributed by atoms with van der Waals surface area (Å²) in [5.74, 6) is 0.826. The van der Waals surface area contributed by atoms with E-state index < -0.39 is 0 Å². The Labute approximate surface area is 149 Å². The van der Waals surface area contributed by atoms with Gasteiger partial charge < -0.3 is 9.88 Å². The molecule has 5 heteroatoms. The predicted octanol–water partition coefficient (Wildman–Crippen LogP) is 5.04. The van der Waals surface area contributed by atoms with Crippen LogP contribution in [0.5, 0.6) is 0 Å². The van der Waals surface area contributed by atoms with Gasteiger partial charge in [-0.05, 0) is 42.6 Å². The van der Waals surface area contributed by atoms with Gasteiger partial charge in [-0.2, -0.15) is 0 Å². The number of amides is 1. The van der Waals surface area contributed by atoms with Gasteiger partial charge in [0.1, 0.15) is 5.82 Å². The molecule has 1 N–H and O–H groups in total. The number of nitrogens with one attached hydrogen (secondary N) is 1. The Hall–Kier alpha value is -2.92. The van der Waals surface area contributed by atoms with Gasteiger partial charge in [-0.25, -0.2) is 4.98 Å². The molecule has 0 aliphatic carbocycles. The maximum atomic E-state index is 12.3. The number of hydrogen-bond donors (Lipinski definition) is 1. The fourth-order valence-electron chi connectivity index (χ4n) is 2.95. The molecule has 0 bridgehead atoms. The minimum atomic E-state index is -0.0869. The number of fused-ring (bicyclic) bond motifs is 1. The van der Waals surface area contributed by atoms with Gasteiger partial charge in [-0.3, -0.25) is 4.79 Å². The molecule has 0 saturated heterocycles. The summed E-state index contributed by atoms with van der Waals surface area (Å²) >= 11 is 1.43. The zero-order chi connectivity index (χ0) is 17.2. The first-order valence-electron chi connectivity index (χ1n) is 8.17. The van der Waals surface area contributed by atoms with E-state index in [4.69, 9.17) is 4.98 Å². The van der Waals surface area contributed by atoms with Crippen LogP contribution in [0, 0.1) is 0 Å². The molecule has 25 heavy (non-hydrogen) atoms. The van der Waals surface area contributed by atoms with Crippen molar-refractivity contribution in [1.82, 2.24) is 9.55 Å². The molecule has 0 radical (unpaired) electrons. The number of benzene rings is 2. The molecular formula is C20H17N3OS. The monoisotopic (exact) mass is 347 g/mol. The predicted molar refractivity (Wildman–Crippen MR) is 103 cm³/mol. The van der Waals surface area contributed by atoms with Crippen LogP contribution in [0.1, 0.15) is 16.6 Å². The van der Waals surface area contributed by atoms with Crippen molar-refractivity contribution >= 4 is 34.0 Å². The van der Waals surface area contributed by atoms with Crippen LogP contribution in [0.15, 0.2) is 66.0 Å². The standard InChI is InChI=1S/C20H17N3OS/c1-2-23-17-10-4-3-9-16(17)22-19(23)14-7-5-8-15(13-14)21-20(24)18-11-6-12-25-18/h3-13H,2H2,1H3,(H,21,24). The van der Waals surface area contributed by atoms with Crippen molar-refractivity contribution in [2.24, 2.45) is 0 Å². The molecule has 4 aromatic rings. The number of aromatic nitrogens is 2. The van der Waals surface area contributed by atoms with E-state index in [1.54, 1.807) is 0 Å². The van der Waals surface area contributed by atoms with Crippen LogP contribution < -0.4 is 5.32 Å². The third-order valence-electron chi connectivity index (χ3n) is 4.09. The van der Waals surface area contributed by atoms with E-state index in [9.17, 15) is 4.79 Å². The largest absolute Gasteiger partial charge is 0.324 e. The highest BCUT2D eigenvalue weighted by Crippen LogP contribution is 2.27. The van der Waals surface area contributed by atoms with Crippen LogP contribution in [0.4, 0.5) is 5.69 Å². The van der Waals surface area contributed by atoms with Crippen LogP contribution in [0.2, 0.25) is 0 Å². The maximum absolute atomic E-state index is 12.3. The molecule has 4 rings (SSSR count). The van der Waals surface area contributed by atoms with Crippen molar-refractivity contribution in [3.8, 4) is 11.4 Å². The average molecular weight is 347 g/mol. The first kappa shape index (κ1) is 15.6. The molecule has 0 aliphatic heterocycles. The molecule has 0 unspecified atom stereocenters. The Bertz CT molecular complexity index is 1030. The molecule has 0 aliphatic rings. The van der Waals surface area contributed by atoms with Crippen LogP contribution in [-0.2, 0) is 6.54 Å². The topological polar surface area (TPSA) is 46.9 Å². The van der Waals surface area contributed by atoms with Crippen LogP contribution in [-0.4, -0.2) is 15.5 Å². The second-order valence-electron chi connectivity index (χ2n) is 5.68. The fourth-order valence-corrected chi connectivity index (χ4v) is 3.57. The van der Waals surface area contributed by atoms with Crippen molar-refractivity contribution in [2.45, 2.75) is 13.5 Å². The van der Waals surface area contributed by atoms with E-state index >= 15 is 0 Å². The quantitative estimate of drug-likeness (QED) is 0.562. The lowest BCUT2D eigenvalue weighted by molar-refractivity contribution is 0.103. The Morgan fingerprint density at radius 3 is 2.80 bits per heavy atom. The van der Waals surface area contributed by atoms with E-state index in [0.717, 1.165) is 34.7 Å². The number of carbonyl (C=O) groups excluding carboxylic acids is 1. The molecule has 0 spiro atoms. The van der Waals surface area contributed by atoms with E-state index in [2.05, 4.69) is 22.9 Å². The number of aryl methyl sites for hydroxylation is 1. The lowest BCUT2D eigenvalue weighted by Crippen LogP contribution is -2.10. The summed E-state index contributed by atoms with van der Waals surface area (Å²) in [6, 6.07) is 19.7. The number of para-hydroxylation sites is 2. The van der Waals surface area contributed by atoms with E-state index in [-0.39, 0.29) is 5.91 Å². The van der Waals surface area contributed by atoms with Crippen LogP contribution >= 0.6 is 11.3 Å². The summed E-state index contributed by atoms with van der Waals surface area (Å²) in [6.45, 7) is 2.95. The van der Waals surface area contributed by atoms with E-state index in [0.29, 0.717) is 4.88 Å². The first-order valence-corrected chi connectivity index (χ1v) is 9.05. The van der Waals surface area contributed by atoms with Gasteiger partial charge in [0.05, 0.1) is 15.9 Å². The van der Waals surface area contributed by atoms with E-state index in [1.165, 1.54) is 11.3 Å². The zero-order valence-corrected chi connectivity index (χ0v) is 14.6. The van der Waals surface area contributed by atoms with Gasteiger partial charge in [0.25, 0.3) is 5.91 Å². The molecule has 2 heterocycles. The summed E-state index contributed by atoms with van der Waals surface area (Å²) in [5.41, 5.74) is 3.85. The van der Waals surface area contributed by atoms with Gasteiger partial charge in [0.15, 0.2) is 0 Å². The first-order chi connectivity index (χ1) is 12.3. The number of carbonyl (C=O) groups is 1. The fraction of sp³-hybridized carbons (Fsp3) is 0.100. The normalized spacial score (nSPS) is 10.9. The van der Waals surface area contributed by atoms with Crippen molar-refractivity contribution in [1.29, 1.82) is 0 Å². The molecular weight excluding hydrogens is 330 g/mol. The number of nitrogens with zero attached hydrogens (tertiary/aromatic N) is 2. The zero-order valence-electron chi connectivity index (χ0n) is 13.8. The Kier molecular flexibility index (Phi) is 4.07. The second-order valence-corrected chi connectivity index (χ2v) is 6.63. The Balaban J connectivity index is 1.71. The van der Waals surface area contributed by atoms with Crippen molar-refractivity contribution in [3.63, 3.8) is 0 Å². The number of imidazole rings is 1. The highest BCUT2D eigenvalue weighted by atomic mass is 32.1. The van der Waals surface area contributed by atoms with Crippen molar-refractivity contribution in [3.05, 3.63) is 70.9 Å². The summed E-state index contributed by atoms with van der Waals surface area (Å²) in [7, 11) is 0. The SMILES string of the molecule is CCn1c(-c2cccc(NC(=O)c3cccs3)c2)nc2ccccc21. The third kappa shape index (κ3) is 2.94. The average Bonchev–Trinajstić information content (AvgIpc) is 3.29. The van der Waals surface area contributed by atoms with Crippen molar-refractivity contribution in [2.75, 3.05) is 5.32 Å². The Morgan fingerprint density at radius 2 is 2.00 bits per heavy atom. The minimum absolute atomic E-state index is 0.0869. The van der Waals surface area contributed by atoms with Gasteiger partial charge in [-0.1, -0.05) is 30.3 Å². The highest BCUT2D eigenvalue weighted by Gasteiger charge is 2.12. The molecule has 1 amide bonds. The minimum Gasteiger partial charge on any atom is -0.324 e. The van der Waals surface area contributed by atoms with Gasteiger partial charge in [-0.15, -0.1) is 11.3 Å². The van der Waals surface area contributed by atoms with Crippen molar-refractivity contribution < 1.29 is 4.79 Å². The molecule has 4 nitrogen and oxygen atoms in total. The van der Waals surface area contributed by atoms with Crippen LogP contribution in [0.25, 0.3) is 22.4 Å². The summed E-state index contributed by atoms with van der Waals surface area (Å²) < 4.78 is 2.19. The molecule has 2 aromatic heterocycles. The van der Waals surface area contributed by atoms with Gasteiger partial charge >= 0.3 is 0 Å². The summed E-state index contributed by atoms with van der Waals surface area (Å²) in [4.78, 5) is 17.7. The molecule has 0 saturated carbocycles. The molecule has 0 atom stereocenters. The van der Waals surface area contributed by atoms with Gasteiger partial charge in [0.2, 0.25) is 0 Å². The lowest BCUT2D eigenvalue weighted by atomic mass is 10.2. The van der Waals surface area contributed by atoms with Crippen LogP contribution in [0.3, 0.4) is 0 Å². The smallest absolute Gasteiger partial charge is 0.265 e. The number of hydrogen-bond acceptors (Lipinski definition) is 3. The number of rotatable bonds is 4. The summed E-state index contributed by atoms with van der Waals surface area (Å²) in [6.07, 6.45) is 0. The molecule has 124 valence electrons. The molecule has 0 fully saturated rings. The van der Waals surface area contributed by atoms with Gasteiger partial charge in [0, 0.05) is 17.8 Å². The molecule has 2 aromatic carbocycles.